The van der Waals surface area contributed by atoms with Crippen LogP contribution < -0.4 is 0 Å². The van der Waals surface area contributed by atoms with Crippen LogP contribution >= 0.6 is 0 Å². The molecule has 0 saturated heterocycles. The molecule has 19 heavy (non-hydrogen) atoms. The molecule has 0 spiro atoms. The van der Waals surface area contributed by atoms with Gasteiger partial charge in [-0.2, -0.15) is 5.26 Å². The molecule has 0 saturated carbocycles. The molecule has 0 aliphatic carbocycles. The van der Waals surface area contributed by atoms with Crippen LogP contribution in [0.25, 0.3) is 11.0 Å². The monoisotopic (exact) mass is 255 g/mol. The first-order valence-electron chi connectivity index (χ1n) is 7.07. The molecule has 100 valence electrons. The van der Waals surface area contributed by atoms with Gasteiger partial charge in [-0.15, -0.1) is 0 Å². The van der Waals surface area contributed by atoms with Gasteiger partial charge in [-0.1, -0.05) is 26.7 Å². The van der Waals surface area contributed by atoms with Crippen molar-refractivity contribution in [3.63, 3.8) is 0 Å². The minimum Gasteiger partial charge on any atom is -0.331 e. The summed E-state index contributed by atoms with van der Waals surface area (Å²) in [5.41, 5.74) is 2.74. The van der Waals surface area contributed by atoms with Crippen LogP contribution in [0.4, 0.5) is 0 Å². The molecular formula is C16H21N3. The third-order valence-electron chi connectivity index (χ3n) is 3.68. The van der Waals surface area contributed by atoms with E-state index < -0.39 is 0 Å². The molecule has 1 heterocycles. The van der Waals surface area contributed by atoms with Crippen LogP contribution in [0.15, 0.2) is 18.2 Å². The zero-order valence-electron chi connectivity index (χ0n) is 12.0. The zero-order valence-corrected chi connectivity index (χ0v) is 12.0. The largest absolute Gasteiger partial charge is 0.331 e. The normalized spacial score (nSPS) is 11.1. The molecule has 0 aliphatic rings. The zero-order chi connectivity index (χ0) is 13.8. The molecule has 3 heteroatoms. The Hall–Kier alpha value is -1.82. The van der Waals surface area contributed by atoms with Crippen molar-refractivity contribution < 1.29 is 0 Å². The van der Waals surface area contributed by atoms with E-state index >= 15 is 0 Å². The number of hydrogen-bond donors (Lipinski definition) is 0. The lowest BCUT2D eigenvalue weighted by Gasteiger charge is -2.14. The molecule has 1 aromatic carbocycles. The molecule has 0 radical (unpaired) electrons. The SMILES string of the molecule is CCCC(CCC)c1nc2cc(C#N)ccc2n1C. The smallest absolute Gasteiger partial charge is 0.112 e. The van der Waals surface area contributed by atoms with Crippen LogP contribution in [0, 0.1) is 11.3 Å². The molecule has 0 amide bonds. The lowest BCUT2D eigenvalue weighted by Crippen LogP contribution is -2.06. The van der Waals surface area contributed by atoms with Crippen molar-refractivity contribution in [1.29, 1.82) is 5.26 Å². The summed E-state index contributed by atoms with van der Waals surface area (Å²) >= 11 is 0. The summed E-state index contributed by atoms with van der Waals surface area (Å²) in [6.45, 7) is 4.44. The second-order valence-electron chi connectivity index (χ2n) is 5.12. The van der Waals surface area contributed by atoms with Gasteiger partial charge in [0, 0.05) is 13.0 Å². The van der Waals surface area contributed by atoms with Gasteiger partial charge < -0.3 is 4.57 Å². The van der Waals surface area contributed by atoms with Crippen LogP contribution in [0.5, 0.6) is 0 Å². The number of aryl methyl sites for hydroxylation is 1. The maximum atomic E-state index is 8.97. The molecule has 1 aromatic heterocycles. The summed E-state index contributed by atoms with van der Waals surface area (Å²) in [7, 11) is 2.08. The molecule has 0 fully saturated rings. The van der Waals surface area contributed by atoms with E-state index in [2.05, 4.69) is 31.5 Å². The van der Waals surface area contributed by atoms with E-state index in [-0.39, 0.29) is 0 Å². The van der Waals surface area contributed by atoms with Gasteiger partial charge in [0.25, 0.3) is 0 Å². The number of fused-ring (bicyclic) bond motifs is 1. The van der Waals surface area contributed by atoms with E-state index in [4.69, 9.17) is 10.2 Å². The summed E-state index contributed by atoms with van der Waals surface area (Å²) in [6, 6.07) is 7.92. The fourth-order valence-electron chi connectivity index (χ4n) is 2.75. The molecule has 2 rings (SSSR count). The van der Waals surface area contributed by atoms with Crippen molar-refractivity contribution in [1.82, 2.24) is 9.55 Å². The van der Waals surface area contributed by atoms with Gasteiger partial charge in [0.15, 0.2) is 0 Å². The van der Waals surface area contributed by atoms with Crippen LogP contribution in [0.1, 0.15) is 56.8 Å². The van der Waals surface area contributed by atoms with Gasteiger partial charge in [0.05, 0.1) is 22.7 Å². The summed E-state index contributed by atoms with van der Waals surface area (Å²) in [4.78, 5) is 4.77. The Bertz CT molecular complexity index is 598. The maximum Gasteiger partial charge on any atom is 0.112 e. The Balaban J connectivity index is 2.48. The second-order valence-corrected chi connectivity index (χ2v) is 5.12. The lowest BCUT2D eigenvalue weighted by molar-refractivity contribution is 0.521. The number of hydrogen-bond acceptors (Lipinski definition) is 2. The van der Waals surface area contributed by atoms with E-state index in [0.29, 0.717) is 11.5 Å². The van der Waals surface area contributed by atoms with Gasteiger partial charge in [-0.25, -0.2) is 4.98 Å². The second kappa shape index (κ2) is 5.88. The number of benzene rings is 1. The summed E-state index contributed by atoms with van der Waals surface area (Å²) in [5.74, 6) is 1.69. The Morgan fingerprint density at radius 1 is 1.26 bits per heavy atom. The predicted molar refractivity (Wildman–Crippen MR) is 78.0 cm³/mol. The minimum atomic E-state index is 0.526. The highest BCUT2D eigenvalue weighted by molar-refractivity contribution is 5.77. The number of nitriles is 1. The van der Waals surface area contributed by atoms with Crippen LogP contribution in [-0.4, -0.2) is 9.55 Å². The Labute approximate surface area is 114 Å². The highest BCUT2D eigenvalue weighted by Crippen LogP contribution is 2.28. The molecular weight excluding hydrogens is 234 g/mol. The van der Waals surface area contributed by atoms with E-state index in [1.807, 2.05) is 18.2 Å². The maximum absolute atomic E-state index is 8.97. The highest BCUT2D eigenvalue weighted by atomic mass is 15.1. The fraction of sp³-hybridized carbons (Fsp3) is 0.500. The number of nitrogens with zero attached hydrogens (tertiary/aromatic N) is 3. The van der Waals surface area contributed by atoms with Gasteiger partial charge in [0.2, 0.25) is 0 Å². The van der Waals surface area contributed by atoms with E-state index in [1.165, 1.54) is 25.7 Å². The Morgan fingerprint density at radius 2 is 1.95 bits per heavy atom. The quantitative estimate of drug-likeness (QED) is 0.806. The van der Waals surface area contributed by atoms with Gasteiger partial charge >= 0.3 is 0 Å². The molecule has 3 nitrogen and oxygen atoms in total. The number of rotatable bonds is 5. The summed E-state index contributed by atoms with van der Waals surface area (Å²) in [6.07, 6.45) is 4.71. The van der Waals surface area contributed by atoms with Crippen molar-refractivity contribution in [2.75, 3.05) is 0 Å². The molecule has 0 aliphatic heterocycles. The molecule has 2 aromatic rings. The minimum absolute atomic E-state index is 0.526. The fourth-order valence-corrected chi connectivity index (χ4v) is 2.75. The van der Waals surface area contributed by atoms with E-state index in [9.17, 15) is 0 Å². The lowest BCUT2D eigenvalue weighted by atomic mass is 9.97. The van der Waals surface area contributed by atoms with E-state index in [0.717, 1.165) is 16.9 Å². The van der Waals surface area contributed by atoms with Gasteiger partial charge in [-0.3, -0.25) is 0 Å². The molecule has 0 atom stereocenters. The van der Waals surface area contributed by atoms with Gasteiger partial charge in [-0.05, 0) is 31.0 Å². The first-order valence-corrected chi connectivity index (χ1v) is 7.07. The Morgan fingerprint density at radius 3 is 2.53 bits per heavy atom. The predicted octanol–water partition coefficient (Wildman–Crippen LogP) is 4.13. The standard InChI is InChI=1S/C16H21N3/c1-4-6-13(7-5-2)16-18-14-10-12(11-17)8-9-15(14)19(16)3/h8-10,13H,4-7H2,1-3H3. The van der Waals surface area contributed by atoms with Crippen LogP contribution in [0.3, 0.4) is 0 Å². The van der Waals surface area contributed by atoms with Crippen molar-refractivity contribution in [3.8, 4) is 6.07 Å². The average Bonchev–Trinajstić information content (AvgIpc) is 2.75. The average molecular weight is 255 g/mol. The molecule has 0 bridgehead atoms. The van der Waals surface area contributed by atoms with E-state index in [1.54, 1.807) is 0 Å². The van der Waals surface area contributed by atoms with Crippen molar-refractivity contribution in [3.05, 3.63) is 29.6 Å². The number of aromatic nitrogens is 2. The van der Waals surface area contributed by atoms with Crippen molar-refractivity contribution >= 4 is 11.0 Å². The molecule has 0 unspecified atom stereocenters. The highest BCUT2D eigenvalue weighted by Gasteiger charge is 2.17. The third-order valence-corrected chi connectivity index (χ3v) is 3.68. The first kappa shape index (κ1) is 13.6. The Kier molecular flexibility index (Phi) is 4.21. The van der Waals surface area contributed by atoms with Crippen molar-refractivity contribution in [2.45, 2.75) is 45.4 Å². The van der Waals surface area contributed by atoms with Crippen LogP contribution in [0.2, 0.25) is 0 Å². The summed E-state index contributed by atoms with van der Waals surface area (Å²) in [5, 5.41) is 8.97. The van der Waals surface area contributed by atoms with Crippen molar-refractivity contribution in [2.24, 2.45) is 7.05 Å². The van der Waals surface area contributed by atoms with Crippen LogP contribution in [-0.2, 0) is 7.05 Å². The third kappa shape index (κ3) is 2.63. The van der Waals surface area contributed by atoms with Gasteiger partial charge in [0.1, 0.15) is 5.82 Å². The first-order chi connectivity index (χ1) is 9.21. The molecule has 0 N–H and O–H groups in total. The number of imidazole rings is 1. The topological polar surface area (TPSA) is 41.6 Å². The summed E-state index contributed by atoms with van der Waals surface area (Å²) < 4.78 is 2.19.